The number of rotatable bonds is 8. The molecule has 0 radical (unpaired) electrons. The fourth-order valence-corrected chi connectivity index (χ4v) is 5.47. The second-order valence-corrected chi connectivity index (χ2v) is 11.1. The van der Waals surface area contributed by atoms with E-state index in [1.165, 1.54) is 24.3 Å². The van der Waals surface area contributed by atoms with E-state index in [1.54, 1.807) is 52.7 Å². The number of benzene rings is 3. The number of hydrogen-bond acceptors (Lipinski definition) is 3. The molecule has 0 bridgehead atoms. The van der Waals surface area contributed by atoms with Crippen molar-refractivity contribution < 1.29 is 22.4 Å². The lowest BCUT2D eigenvalue weighted by molar-refractivity contribution is -0.140. The first-order valence-electron chi connectivity index (χ1n) is 14.2. The van der Waals surface area contributed by atoms with Crippen LogP contribution in [0.15, 0.2) is 97.5 Å². The lowest BCUT2D eigenvalue weighted by atomic mass is 9.96. The molecule has 44 heavy (non-hydrogen) atoms. The zero-order chi connectivity index (χ0) is 31.0. The van der Waals surface area contributed by atoms with Gasteiger partial charge in [-0.25, -0.2) is 4.39 Å². The number of aryl methyl sites for hydroxylation is 1. The predicted octanol–water partition coefficient (Wildman–Crippen LogP) is 7.22. The Morgan fingerprint density at radius 3 is 2.50 bits per heavy atom. The molecule has 1 amide bonds. The van der Waals surface area contributed by atoms with Gasteiger partial charge in [0.2, 0.25) is 5.62 Å². The minimum Gasteiger partial charge on any atom is -0.345 e. The molecule has 1 unspecified atom stereocenters. The Hall–Kier alpha value is -4.99. The van der Waals surface area contributed by atoms with Crippen LogP contribution in [0, 0.1) is 24.1 Å². The van der Waals surface area contributed by atoms with Crippen molar-refractivity contribution in [3.05, 3.63) is 137 Å². The third-order valence-electron chi connectivity index (χ3n) is 7.85. The van der Waals surface area contributed by atoms with Gasteiger partial charge in [0.25, 0.3) is 5.91 Å². The summed E-state index contributed by atoms with van der Waals surface area (Å²) in [5.41, 5.74) is 1.88. The number of imidazole rings is 1. The van der Waals surface area contributed by atoms with Crippen molar-refractivity contribution in [3.8, 4) is 16.8 Å². The molecule has 2 N–H and O–H groups in total. The monoisotopic (exact) mass is 599 g/mol. The molecule has 224 valence electrons. The molecule has 1 aliphatic carbocycles. The van der Waals surface area contributed by atoms with Crippen LogP contribution in [0.2, 0.25) is 0 Å². The number of para-hydroxylation sites is 1. The fourth-order valence-electron chi connectivity index (χ4n) is 5.47. The molecule has 1 aliphatic rings. The summed E-state index contributed by atoms with van der Waals surface area (Å²) in [5, 5.41) is 11.8. The van der Waals surface area contributed by atoms with Gasteiger partial charge in [-0.1, -0.05) is 36.4 Å². The minimum atomic E-state index is -4.71. The summed E-state index contributed by atoms with van der Waals surface area (Å²) < 4.78 is 59.2. The summed E-state index contributed by atoms with van der Waals surface area (Å²) in [4.78, 5) is 17.4. The van der Waals surface area contributed by atoms with E-state index < -0.39 is 17.8 Å². The summed E-state index contributed by atoms with van der Waals surface area (Å²) in [6, 6.07) is 21.1. The number of pyridine rings is 1. The summed E-state index contributed by atoms with van der Waals surface area (Å²) >= 11 is 0. The Labute approximate surface area is 251 Å². The average Bonchev–Trinajstić information content (AvgIpc) is 3.80. The molecular formula is C34H29F4N5O. The zero-order valence-electron chi connectivity index (χ0n) is 23.8. The summed E-state index contributed by atoms with van der Waals surface area (Å²) in [6.07, 6.45) is 1.64. The predicted molar refractivity (Wildman–Crippen MR) is 157 cm³/mol. The zero-order valence-corrected chi connectivity index (χ0v) is 23.8. The first-order chi connectivity index (χ1) is 21.1. The van der Waals surface area contributed by atoms with Gasteiger partial charge in [0.05, 0.1) is 12.6 Å². The highest BCUT2D eigenvalue weighted by Crippen LogP contribution is 2.42. The van der Waals surface area contributed by atoms with Crippen LogP contribution < -0.4 is 10.9 Å². The highest BCUT2D eigenvalue weighted by Gasteiger charge is 2.36. The summed E-state index contributed by atoms with van der Waals surface area (Å²) in [6.45, 7) is 1.80. The maximum absolute atomic E-state index is 14.0. The summed E-state index contributed by atoms with van der Waals surface area (Å²) in [5.74, 6) is -0.612. The molecule has 6 rings (SSSR count). The molecule has 10 heteroatoms. The van der Waals surface area contributed by atoms with E-state index in [2.05, 4.69) is 10.3 Å². The SMILES string of the molecule is Cc1cc(C(NC(=O)c2cc(Cn3ccn(-c4ccccc4)c3=N)cc(-c3cccnc3C(F)(F)F)c2)C2CC2)ccc1F. The Morgan fingerprint density at radius 2 is 1.80 bits per heavy atom. The van der Waals surface area contributed by atoms with E-state index in [9.17, 15) is 22.4 Å². The van der Waals surface area contributed by atoms with E-state index in [-0.39, 0.29) is 46.6 Å². The van der Waals surface area contributed by atoms with Gasteiger partial charge < -0.3 is 9.88 Å². The second kappa shape index (κ2) is 11.6. The van der Waals surface area contributed by atoms with Crippen molar-refractivity contribution in [1.82, 2.24) is 19.4 Å². The minimum absolute atomic E-state index is 0.137. The number of halogens is 4. The summed E-state index contributed by atoms with van der Waals surface area (Å²) in [7, 11) is 0. The molecule has 0 saturated heterocycles. The van der Waals surface area contributed by atoms with Crippen molar-refractivity contribution in [1.29, 1.82) is 5.41 Å². The third-order valence-corrected chi connectivity index (χ3v) is 7.85. The lowest BCUT2D eigenvalue weighted by Gasteiger charge is -2.20. The molecule has 5 aromatic rings. The van der Waals surface area contributed by atoms with E-state index in [0.717, 1.165) is 30.3 Å². The van der Waals surface area contributed by atoms with Crippen LogP contribution in [0.3, 0.4) is 0 Å². The van der Waals surface area contributed by atoms with Gasteiger partial charge in [-0.2, -0.15) is 13.2 Å². The largest absolute Gasteiger partial charge is 0.433 e. The van der Waals surface area contributed by atoms with Gasteiger partial charge in [0.1, 0.15) is 5.82 Å². The molecule has 0 aliphatic heterocycles. The van der Waals surface area contributed by atoms with Gasteiger partial charge >= 0.3 is 6.18 Å². The van der Waals surface area contributed by atoms with E-state index in [4.69, 9.17) is 5.41 Å². The topological polar surface area (TPSA) is 75.7 Å². The van der Waals surface area contributed by atoms with Gasteiger partial charge in [-0.05, 0) is 90.4 Å². The van der Waals surface area contributed by atoms with Crippen LogP contribution in [0.25, 0.3) is 16.8 Å². The number of amides is 1. The molecule has 1 saturated carbocycles. The van der Waals surface area contributed by atoms with Crippen LogP contribution in [-0.4, -0.2) is 20.0 Å². The number of nitrogens with one attached hydrogen (secondary N) is 2. The van der Waals surface area contributed by atoms with E-state index in [0.29, 0.717) is 11.1 Å². The number of alkyl halides is 3. The number of carbonyl (C=O) groups excluding carboxylic acids is 1. The number of aromatic nitrogens is 3. The lowest BCUT2D eigenvalue weighted by Crippen LogP contribution is -2.30. The van der Waals surface area contributed by atoms with Crippen molar-refractivity contribution in [2.24, 2.45) is 5.92 Å². The normalized spacial score (nSPS) is 13.9. The van der Waals surface area contributed by atoms with Gasteiger partial charge in [-0.15, -0.1) is 0 Å². The molecule has 6 nitrogen and oxygen atoms in total. The highest BCUT2D eigenvalue weighted by molar-refractivity contribution is 5.96. The van der Waals surface area contributed by atoms with Crippen LogP contribution in [-0.2, 0) is 12.7 Å². The van der Waals surface area contributed by atoms with Gasteiger partial charge in [-0.3, -0.25) is 19.8 Å². The molecular weight excluding hydrogens is 570 g/mol. The number of hydrogen-bond donors (Lipinski definition) is 2. The molecule has 2 heterocycles. The maximum Gasteiger partial charge on any atom is 0.433 e. The Bertz CT molecular complexity index is 1890. The van der Waals surface area contributed by atoms with Gasteiger partial charge in [0.15, 0.2) is 5.69 Å². The van der Waals surface area contributed by atoms with Gasteiger partial charge in [0, 0.05) is 35.4 Å². The van der Waals surface area contributed by atoms with Crippen LogP contribution >= 0.6 is 0 Å². The molecule has 0 spiro atoms. The Balaban J connectivity index is 1.40. The third kappa shape index (κ3) is 6.06. The molecule has 1 atom stereocenters. The Kier molecular flexibility index (Phi) is 7.67. The van der Waals surface area contributed by atoms with E-state index >= 15 is 0 Å². The first kappa shape index (κ1) is 29.1. The van der Waals surface area contributed by atoms with Crippen LogP contribution in [0.4, 0.5) is 17.6 Å². The Morgan fingerprint density at radius 1 is 1.02 bits per heavy atom. The van der Waals surface area contributed by atoms with Crippen LogP contribution in [0.1, 0.15) is 51.6 Å². The van der Waals surface area contributed by atoms with Crippen molar-refractivity contribution in [2.45, 2.75) is 38.5 Å². The number of carbonyl (C=O) groups is 1. The van der Waals surface area contributed by atoms with Crippen molar-refractivity contribution in [2.75, 3.05) is 0 Å². The number of nitrogens with zero attached hydrogens (tertiary/aromatic N) is 3. The smallest absolute Gasteiger partial charge is 0.345 e. The molecule has 1 fully saturated rings. The molecule has 3 aromatic carbocycles. The molecule has 2 aromatic heterocycles. The first-order valence-corrected chi connectivity index (χ1v) is 14.2. The standard InChI is InChI=1S/C34H29F4N5O/c1-21-16-24(11-12-29(21)35)30(23-9-10-23)41-32(44)26-18-22(17-25(19-26)28-8-5-13-40-31(28)34(36,37)38)20-42-14-15-43(33(42)39)27-6-3-2-4-7-27/h2-8,11-19,23,30,39H,9-10,20H2,1H3,(H,41,44). The quantitative estimate of drug-likeness (QED) is 0.185. The van der Waals surface area contributed by atoms with Crippen molar-refractivity contribution in [3.63, 3.8) is 0 Å². The van der Waals surface area contributed by atoms with Crippen molar-refractivity contribution >= 4 is 5.91 Å². The average molecular weight is 600 g/mol. The fraction of sp³-hybridized carbons (Fsp3) is 0.206. The van der Waals surface area contributed by atoms with E-state index in [1.807, 2.05) is 30.3 Å². The maximum atomic E-state index is 14.0. The second-order valence-electron chi connectivity index (χ2n) is 11.1. The van der Waals surface area contributed by atoms with Crippen LogP contribution in [0.5, 0.6) is 0 Å². The highest BCUT2D eigenvalue weighted by atomic mass is 19.4.